The van der Waals surface area contributed by atoms with Gasteiger partial charge in [0.2, 0.25) is 5.91 Å². The molecule has 1 aromatic heterocycles. The molecule has 0 radical (unpaired) electrons. The van der Waals surface area contributed by atoms with Gasteiger partial charge >= 0.3 is 5.63 Å². The molecule has 0 saturated carbocycles. The van der Waals surface area contributed by atoms with Crippen LogP contribution in [-0.4, -0.2) is 11.0 Å². The predicted octanol–water partition coefficient (Wildman–Crippen LogP) is 4.30. The topological polar surface area (TPSA) is 79.5 Å². The molecule has 5 nitrogen and oxygen atoms in total. The monoisotopic (exact) mass is 377 g/mol. The summed E-state index contributed by atoms with van der Waals surface area (Å²) in [6, 6.07) is 9.20. The summed E-state index contributed by atoms with van der Waals surface area (Å²) in [5, 5.41) is 13.6. The zero-order valence-corrected chi connectivity index (χ0v) is 14.6. The van der Waals surface area contributed by atoms with Crippen LogP contribution in [0.25, 0.3) is 11.0 Å². The Hall–Kier alpha value is -2.50. The molecule has 0 aliphatic rings. The van der Waals surface area contributed by atoms with Crippen LogP contribution in [0.5, 0.6) is 5.75 Å². The summed E-state index contributed by atoms with van der Waals surface area (Å²) in [6.45, 7) is 1.73. The molecular formula is C18H13Cl2NO4. The highest BCUT2D eigenvalue weighted by Gasteiger charge is 2.16. The van der Waals surface area contributed by atoms with E-state index in [1.165, 1.54) is 18.2 Å². The van der Waals surface area contributed by atoms with Crippen molar-refractivity contribution in [1.29, 1.82) is 0 Å². The van der Waals surface area contributed by atoms with E-state index < -0.39 is 11.5 Å². The van der Waals surface area contributed by atoms with E-state index >= 15 is 0 Å². The van der Waals surface area contributed by atoms with E-state index in [1.807, 2.05) is 0 Å². The highest BCUT2D eigenvalue weighted by Crippen LogP contribution is 2.26. The number of halogens is 2. The first-order chi connectivity index (χ1) is 11.8. The molecule has 1 heterocycles. The van der Waals surface area contributed by atoms with Gasteiger partial charge in [0.25, 0.3) is 0 Å². The second-order valence-corrected chi connectivity index (χ2v) is 6.37. The molecule has 0 aliphatic heterocycles. The van der Waals surface area contributed by atoms with Crippen LogP contribution >= 0.6 is 23.2 Å². The Morgan fingerprint density at radius 1 is 1.20 bits per heavy atom. The summed E-state index contributed by atoms with van der Waals surface area (Å²) < 4.78 is 5.21. The van der Waals surface area contributed by atoms with Gasteiger partial charge in [-0.05, 0) is 42.8 Å². The number of amides is 1. The number of aromatic hydroxyl groups is 1. The Balaban J connectivity index is 1.91. The molecule has 7 heteroatoms. The Morgan fingerprint density at radius 3 is 2.68 bits per heavy atom. The largest absolute Gasteiger partial charge is 0.508 e. The van der Waals surface area contributed by atoms with Crippen molar-refractivity contribution in [2.24, 2.45) is 0 Å². The number of hydrogen-bond acceptors (Lipinski definition) is 4. The van der Waals surface area contributed by atoms with Gasteiger partial charge in [-0.15, -0.1) is 0 Å². The third-order valence-corrected chi connectivity index (χ3v) is 4.36. The molecule has 0 saturated heterocycles. The van der Waals surface area contributed by atoms with E-state index in [-0.39, 0.29) is 23.3 Å². The fraction of sp³-hybridized carbons (Fsp3) is 0.111. The van der Waals surface area contributed by atoms with Crippen molar-refractivity contribution in [3.8, 4) is 5.75 Å². The number of nitrogens with one attached hydrogen (secondary N) is 1. The Kier molecular flexibility index (Phi) is 4.70. The molecule has 128 valence electrons. The molecule has 0 bridgehead atoms. The first kappa shape index (κ1) is 17.3. The van der Waals surface area contributed by atoms with E-state index in [1.54, 1.807) is 25.1 Å². The van der Waals surface area contributed by atoms with Crippen LogP contribution in [0, 0.1) is 6.92 Å². The van der Waals surface area contributed by atoms with Crippen LogP contribution in [-0.2, 0) is 11.2 Å². The summed E-state index contributed by atoms with van der Waals surface area (Å²) in [6.07, 6.45) is -0.163. The van der Waals surface area contributed by atoms with Crippen molar-refractivity contribution in [2.45, 2.75) is 13.3 Å². The summed E-state index contributed by atoms with van der Waals surface area (Å²) in [5.41, 5.74) is 0.938. The lowest BCUT2D eigenvalue weighted by Crippen LogP contribution is -2.20. The minimum absolute atomic E-state index is 0.00192. The first-order valence-electron chi connectivity index (χ1n) is 7.35. The number of fused-ring (bicyclic) bond motifs is 1. The average molecular weight is 378 g/mol. The number of phenols is 1. The second kappa shape index (κ2) is 6.78. The number of carbonyl (C=O) groups excluding carboxylic acids is 1. The zero-order valence-electron chi connectivity index (χ0n) is 13.1. The molecule has 0 atom stereocenters. The van der Waals surface area contributed by atoms with Crippen LogP contribution in [0.3, 0.4) is 0 Å². The van der Waals surface area contributed by atoms with Crippen LogP contribution in [0.1, 0.15) is 11.1 Å². The summed E-state index contributed by atoms with van der Waals surface area (Å²) in [4.78, 5) is 24.5. The van der Waals surface area contributed by atoms with E-state index in [4.69, 9.17) is 27.6 Å². The van der Waals surface area contributed by atoms with E-state index in [0.717, 1.165) is 0 Å². The molecule has 1 amide bonds. The van der Waals surface area contributed by atoms with E-state index in [2.05, 4.69) is 5.32 Å². The van der Waals surface area contributed by atoms with Gasteiger partial charge in [0.15, 0.2) is 0 Å². The average Bonchev–Trinajstić information content (AvgIpc) is 2.54. The standard InChI is InChI=1S/C18H13Cl2NO4/c1-9-12-4-3-11(22)7-16(12)25-18(24)13(9)8-17(23)21-15-5-2-10(19)6-14(15)20/h2-7,22H,8H2,1H3,(H,21,23). The molecule has 0 fully saturated rings. The Morgan fingerprint density at radius 2 is 1.96 bits per heavy atom. The maximum Gasteiger partial charge on any atom is 0.340 e. The van der Waals surface area contributed by atoms with Crippen LogP contribution in [0.4, 0.5) is 5.69 Å². The number of hydrogen-bond donors (Lipinski definition) is 2. The van der Waals surface area contributed by atoms with E-state index in [0.29, 0.717) is 26.7 Å². The molecule has 3 aromatic rings. The molecular weight excluding hydrogens is 365 g/mol. The van der Waals surface area contributed by atoms with Crippen LogP contribution < -0.4 is 10.9 Å². The number of anilines is 1. The van der Waals surface area contributed by atoms with Gasteiger partial charge in [-0.25, -0.2) is 4.79 Å². The lowest BCUT2D eigenvalue weighted by atomic mass is 10.0. The maximum absolute atomic E-state index is 12.3. The fourth-order valence-corrected chi connectivity index (χ4v) is 2.99. The molecule has 25 heavy (non-hydrogen) atoms. The molecule has 0 aliphatic carbocycles. The molecule has 2 aromatic carbocycles. The van der Waals surface area contributed by atoms with Gasteiger partial charge in [-0.2, -0.15) is 0 Å². The quantitative estimate of drug-likeness (QED) is 0.667. The Bertz CT molecular complexity index is 1040. The number of benzene rings is 2. The van der Waals surface area contributed by atoms with Gasteiger partial charge in [-0.1, -0.05) is 23.2 Å². The minimum Gasteiger partial charge on any atom is -0.508 e. The van der Waals surface area contributed by atoms with Crippen molar-refractivity contribution >= 4 is 45.8 Å². The normalized spacial score (nSPS) is 10.8. The van der Waals surface area contributed by atoms with Crippen LogP contribution in [0.15, 0.2) is 45.6 Å². The predicted molar refractivity (Wildman–Crippen MR) is 97.7 cm³/mol. The highest BCUT2D eigenvalue weighted by molar-refractivity contribution is 6.36. The smallest absolute Gasteiger partial charge is 0.340 e. The number of rotatable bonds is 3. The van der Waals surface area contributed by atoms with Crippen molar-refractivity contribution in [1.82, 2.24) is 0 Å². The van der Waals surface area contributed by atoms with Gasteiger partial charge in [0, 0.05) is 16.5 Å². The first-order valence-corrected chi connectivity index (χ1v) is 8.11. The van der Waals surface area contributed by atoms with Crippen LogP contribution in [0.2, 0.25) is 10.0 Å². The SMILES string of the molecule is Cc1c(CC(=O)Nc2ccc(Cl)cc2Cl)c(=O)oc2cc(O)ccc12. The lowest BCUT2D eigenvalue weighted by molar-refractivity contribution is -0.115. The van der Waals surface area contributed by atoms with Crippen molar-refractivity contribution in [3.05, 3.63) is 68.0 Å². The van der Waals surface area contributed by atoms with Gasteiger partial charge in [-0.3, -0.25) is 4.79 Å². The van der Waals surface area contributed by atoms with Gasteiger partial charge in [0.1, 0.15) is 11.3 Å². The molecule has 2 N–H and O–H groups in total. The second-order valence-electron chi connectivity index (χ2n) is 5.52. The Labute approximate surface area is 152 Å². The van der Waals surface area contributed by atoms with Gasteiger partial charge in [0.05, 0.1) is 22.7 Å². The minimum atomic E-state index is -0.618. The number of aryl methyl sites for hydroxylation is 1. The van der Waals surface area contributed by atoms with Crippen molar-refractivity contribution < 1.29 is 14.3 Å². The van der Waals surface area contributed by atoms with Gasteiger partial charge < -0.3 is 14.8 Å². The van der Waals surface area contributed by atoms with Crippen molar-refractivity contribution in [2.75, 3.05) is 5.32 Å². The highest BCUT2D eigenvalue weighted by atomic mass is 35.5. The maximum atomic E-state index is 12.3. The third-order valence-electron chi connectivity index (χ3n) is 3.81. The summed E-state index contributed by atoms with van der Waals surface area (Å²) >= 11 is 11.9. The lowest BCUT2D eigenvalue weighted by Gasteiger charge is -2.10. The number of carbonyl (C=O) groups is 1. The zero-order chi connectivity index (χ0) is 18.1. The summed E-state index contributed by atoms with van der Waals surface area (Å²) in [7, 11) is 0. The van der Waals surface area contributed by atoms with Crippen molar-refractivity contribution in [3.63, 3.8) is 0 Å². The molecule has 3 rings (SSSR count). The summed E-state index contributed by atoms with van der Waals surface area (Å²) in [5.74, 6) is -0.407. The molecule has 0 unspecified atom stereocenters. The fourth-order valence-electron chi connectivity index (χ4n) is 2.53. The number of phenolic OH excluding ortho intramolecular Hbond substituents is 1. The molecule has 0 spiro atoms. The van der Waals surface area contributed by atoms with E-state index in [9.17, 15) is 14.7 Å². The third kappa shape index (κ3) is 3.62.